The molecule has 3 rings (SSSR count). The number of nitrogen functional groups attached to an aromatic ring is 1. The van der Waals surface area contributed by atoms with Gasteiger partial charge in [0, 0.05) is 29.2 Å². The standard InChI is InChI=1S/C13H15BrN4/c14-10-7-9(11-8-13(15)17-16-11)3-4-12(10)18-5-1-2-6-18/h3-4,7-8H,1-2,5-6H2,(H3,15,16,17). The van der Waals surface area contributed by atoms with Gasteiger partial charge in [-0.3, -0.25) is 5.10 Å². The molecule has 1 aliphatic rings. The van der Waals surface area contributed by atoms with Crippen molar-refractivity contribution < 1.29 is 0 Å². The molecule has 1 aliphatic heterocycles. The van der Waals surface area contributed by atoms with Gasteiger partial charge in [-0.1, -0.05) is 6.07 Å². The van der Waals surface area contributed by atoms with Crippen LogP contribution in [0.4, 0.5) is 11.5 Å². The minimum Gasteiger partial charge on any atom is -0.382 e. The van der Waals surface area contributed by atoms with Crippen molar-refractivity contribution >= 4 is 27.4 Å². The molecule has 5 heteroatoms. The van der Waals surface area contributed by atoms with Crippen molar-refractivity contribution in [3.63, 3.8) is 0 Å². The molecule has 0 aliphatic carbocycles. The Morgan fingerprint density at radius 1 is 1.22 bits per heavy atom. The van der Waals surface area contributed by atoms with Crippen LogP contribution >= 0.6 is 15.9 Å². The summed E-state index contributed by atoms with van der Waals surface area (Å²) in [4.78, 5) is 2.41. The molecule has 0 radical (unpaired) electrons. The molecular weight excluding hydrogens is 292 g/mol. The van der Waals surface area contributed by atoms with Crippen LogP contribution in [0.25, 0.3) is 11.3 Å². The Kier molecular flexibility index (Phi) is 2.99. The molecule has 2 aromatic rings. The van der Waals surface area contributed by atoms with E-state index >= 15 is 0 Å². The average molecular weight is 307 g/mol. The largest absolute Gasteiger partial charge is 0.382 e. The molecule has 18 heavy (non-hydrogen) atoms. The highest BCUT2D eigenvalue weighted by Crippen LogP contribution is 2.32. The lowest BCUT2D eigenvalue weighted by Gasteiger charge is -2.19. The van der Waals surface area contributed by atoms with Crippen LogP contribution in [0, 0.1) is 0 Å². The number of H-pyrrole nitrogens is 1. The van der Waals surface area contributed by atoms with E-state index in [0.717, 1.165) is 28.8 Å². The van der Waals surface area contributed by atoms with Gasteiger partial charge in [0.15, 0.2) is 0 Å². The molecule has 2 heterocycles. The number of anilines is 2. The molecule has 4 nitrogen and oxygen atoms in total. The van der Waals surface area contributed by atoms with Crippen LogP contribution in [0.3, 0.4) is 0 Å². The van der Waals surface area contributed by atoms with Crippen molar-refractivity contribution in [1.29, 1.82) is 0 Å². The maximum absolute atomic E-state index is 5.62. The summed E-state index contributed by atoms with van der Waals surface area (Å²) in [6.45, 7) is 2.30. The summed E-state index contributed by atoms with van der Waals surface area (Å²) in [5, 5.41) is 6.88. The molecule has 3 N–H and O–H groups in total. The van der Waals surface area contributed by atoms with Crippen molar-refractivity contribution in [1.82, 2.24) is 10.2 Å². The Bertz CT molecular complexity index is 558. The molecule has 0 amide bonds. The smallest absolute Gasteiger partial charge is 0.145 e. The van der Waals surface area contributed by atoms with Crippen LogP contribution < -0.4 is 10.6 Å². The zero-order valence-electron chi connectivity index (χ0n) is 9.99. The third-order valence-electron chi connectivity index (χ3n) is 3.30. The molecule has 0 saturated carbocycles. The van der Waals surface area contributed by atoms with Crippen molar-refractivity contribution in [2.75, 3.05) is 23.7 Å². The molecule has 0 atom stereocenters. The van der Waals surface area contributed by atoms with E-state index in [1.54, 1.807) is 0 Å². The second kappa shape index (κ2) is 4.65. The summed E-state index contributed by atoms with van der Waals surface area (Å²) in [6.07, 6.45) is 2.57. The highest BCUT2D eigenvalue weighted by molar-refractivity contribution is 9.10. The monoisotopic (exact) mass is 306 g/mol. The van der Waals surface area contributed by atoms with Gasteiger partial charge in [0.2, 0.25) is 0 Å². The SMILES string of the molecule is Nc1cc(-c2ccc(N3CCCC3)c(Br)c2)[nH]n1. The second-order valence-corrected chi connectivity index (χ2v) is 5.42. The number of nitrogens with one attached hydrogen (secondary N) is 1. The third kappa shape index (κ3) is 2.10. The van der Waals surface area contributed by atoms with Gasteiger partial charge in [0.05, 0.1) is 11.4 Å². The minimum absolute atomic E-state index is 0.518. The molecule has 1 fully saturated rings. The normalized spacial score (nSPS) is 15.3. The van der Waals surface area contributed by atoms with E-state index in [4.69, 9.17) is 5.73 Å². The summed E-state index contributed by atoms with van der Waals surface area (Å²) in [7, 11) is 0. The number of benzene rings is 1. The predicted molar refractivity (Wildman–Crippen MR) is 77.6 cm³/mol. The Hall–Kier alpha value is -1.49. The van der Waals surface area contributed by atoms with Gasteiger partial charge >= 0.3 is 0 Å². The maximum Gasteiger partial charge on any atom is 0.145 e. The van der Waals surface area contributed by atoms with E-state index in [1.807, 2.05) is 6.07 Å². The van der Waals surface area contributed by atoms with Crippen LogP contribution in [0.15, 0.2) is 28.7 Å². The molecular formula is C13H15BrN4. The summed E-state index contributed by atoms with van der Waals surface area (Å²) < 4.78 is 1.12. The lowest BCUT2D eigenvalue weighted by atomic mass is 10.1. The van der Waals surface area contributed by atoms with Gasteiger partial charge in [0.1, 0.15) is 5.82 Å². The van der Waals surface area contributed by atoms with Crippen molar-refractivity contribution in [2.24, 2.45) is 0 Å². The summed E-state index contributed by atoms with van der Waals surface area (Å²) in [6, 6.07) is 8.21. The topological polar surface area (TPSA) is 57.9 Å². The Balaban J connectivity index is 1.93. The predicted octanol–water partition coefficient (Wildman–Crippen LogP) is 3.02. The average Bonchev–Trinajstić information content (AvgIpc) is 2.99. The Morgan fingerprint density at radius 2 is 2.00 bits per heavy atom. The fourth-order valence-electron chi connectivity index (χ4n) is 2.37. The molecule has 1 aromatic heterocycles. The van der Waals surface area contributed by atoms with Crippen molar-refractivity contribution in [3.05, 3.63) is 28.7 Å². The van der Waals surface area contributed by atoms with E-state index < -0.39 is 0 Å². The zero-order valence-corrected chi connectivity index (χ0v) is 11.6. The Labute approximate surface area is 114 Å². The van der Waals surface area contributed by atoms with Crippen LogP contribution in [-0.4, -0.2) is 23.3 Å². The van der Waals surface area contributed by atoms with E-state index in [1.165, 1.54) is 18.5 Å². The van der Waals surface area contributed by atoms with Gasteiger partial charge < -0.3 is 10.6 Å². The first-order valence-electron chi connectivity index (χ1n) is 6.10. The molecule has 0 bridgehead atoms. The number of halogens is 1. The summed E-state index contributed by atoms with van der Waals surface area (Å²) in [5.41, 5.74) is 8.93. The van der Waals surface area contributed by atoms with Gasteiger partial charge in [-0.25, -0.2) is 0 Å². The van der Waals surface area contributed by atoms with Crippen LogP contribution in [0.2, 0.25) is 0 Å². The first-order chi connectivity index (χ1) is 8.74. The number of nitrogens with zero attached hydrogens (tertiary/aromatic N) is 2. The summed E-state index contributed by atoms with van der Waals surface area (Å²) >= 11 is 3.65. The van der Waals surface area contributed by atoms with E-state index in [2.05, 4.69) is 49.2 Å². The van der Waals surface area contributed by atoms with Crippen molar-refractivity contribution in [2.45, 2.75) is 12.8 Å². The first-order valence-corrected chi connectivity index (χ1v) is 6.89. The highest BCUT2D eigenvalue weighted by atomic mass is 79.9. The molecule has 94 valence electrons. The van der Waals surface area contributed by atoms with Crippen molar-refractivity contribution in [3.8, 4) is 11.3 Å². The molecule has 0 spiro atoms. The van der Waals surface area contributed by atoms with Crippen LogP contribution in [0.5, 0.6) is 0 Å². The van der Waals surface area contributed by atoms with Gasteiger partial charge in [-0.15, -0.1) is 0 Å². The molecule has 1 aromatic carbocycles. The number of aromatic nitrogens is 2. The highest BCUT2D eigenvalue weighted by Gasteiger charge is 2.15. The fraction of sp³-hybridized carbons (Fsp3) is 0.308. The number of nitrogens with two attached hydrogens (primary N) is 1. The first kappa shape index (κ1) is 11.6. The minimum atomic E-state index is 0.518. The quantitative estimate of drug-likeness (QED) is 0.896. The second-order valence-electron chi connectivity index (χ2n) is 4.57. The summed E-state index contributed by atoms with van der Waals surface area (Å²) in [5.74, 6) is 0.518. The van der Waals surface area contributed by atoms with Gasteiger partial charge in [-0.2, -0.15) is 5.10 Å². The van der Waals surface area contributed by atoms with E-state index in [0.29, 0.717) is 5.82 Å². The number of rotatable bonds is 2. The lowest BCUT2D eigenvalue weighted by Crippen LogP contribution is -2.17. The van der Waals surface area contributed by atoms with E-state index in [-0.39, 0.29) is 0 Å². The van der Waals surface area contributed by atoms with Gasteiger partial charge in [0.25, 0.3) is 0 Å². The molecule has 1 saturated heterocycles. The van der Waals surface area contributed by atoms with E-state index in [9.17, 15) is 0 Å². The Morgan fingerprint density at radius 3 is 2.61 bits per heavy atom. The van der Waals surface area contributed by atoms with Gasteiger partial charge in [-0.05, 0) is 40.9 Å². The number of aromatic amines is 1. The maximum atomic E-state index is 5.62. The number of hydrogen-bond acceptors (Lipinski definition) is 3. The lowest BCUT2D eigenvalue weighted by molar-refractivity contribution is 0.949. The molecule has 0 unspecified atom stereocenters. The van der Waals surface area contributed by atoms with Crippen LogP contribution in [0.1, 0.15) is 12.8 Å². The fourth-order valence-corrected chi connectivity index (χ4v) is 3.00. The zero-order chi connectivity index (χ0) is 12.5. The third-order valence-corrected chi connectivity index (χ3v) is 3.94. The van der Waals surface area contributed by atoms with Crippen LogP contribution in [-0.2, 0) is 0 Å². The number of hydrogen-bond donors (Lipinski definition) is 2.